The van der Waals surface area contributed by atoms with Gasteiger partial charge < -0.3 is 10.3 Å². The predicted molar refractivity (Wildman–Crippen MR) is 113 cm³/mol. The minimum atomic E-state index is -0.587. The highest BCUT2D eigenvalue weighted by Crippen LogP contribution is 2.23. The summed E-state index contributed by atoms with van der Waals surface area (Å²) in [5, 5.41) is 13.1. The molecule has 3 rings (SSSR count). The van der Waals surface area contributed by atoms with Crippen molar-refractivity contribution in [3.63, 3.8) is 0 Å². The number of rotatable bonds is 7. The third kappa shape index (κ3) is 3.99. The van der Waals surface area contributed by atoms with Gasteiger partial charge >= 0.3 is 5.69 Å². The van der Waals surface area contributed by atoms with Gasteiger partial charge in [0.25, 0.3) is 11.2 Å². The lowest BCUT2D eigenvalue weighted by Crippen LogP contribution is -2.39. The number of amides is 1. The third-order valence-electron chi connectivity index (χ3n) is 4.48. The van der Waals surface area contributed by atoms with Crippen molar-refractivity contribution in [1.29, 1.82) is 0 Å². The quantitative estimate of drug-likeness (QED) is 0.330. The van der Waals surface area contributed by atoms with Gasteiger partial charge in [-0.15, -0.1) is 0 Å². The van der Waals surface area contributed by atoms with Crippen LogP contribution >= 0.6 is 11.8 Å². The first-order valence-corrected chi connectivity index (χ1v) is 10.1. The summed E-state index contributed by atoms with van der Waals surface area (Å²) >= 11 is 1.10. The van der Waals surface area contributed by atoms with E-state index in [1.165, 1.54) is 28.8 Å². The van der Waals surface area contributed by atoms with Gasteiger partial charge in [0.15, 0.2) is 16.3 Å². The average Bonchev–Trinajstić information content (AvgIpc) is 3.12. The minimum absolute atomic E-state index is 0.0718. The van der Waals surface area contributed by atoms with Crippen molar-refractivity contribution in [2.24, 2.45) is 0 Å². The molecule has 0 fully saturated rings. The van der Waals surface area contributed by atoms with Crippen molar-refractivity contribution >= 4 is 40.2 Å². The number of hydrogen-bond acceptors (Lipinski definition) is 7. The molecule has 11 nitrogen and oxygen atoms in total. The van der Waals surface area contributed by atoms with Gasteiger partial charge in [-0.2, -0.15) is 0 Å². The Morgan fingerprint density at radius 2 is 1.87 bits per heavy atom. The van der Waals surface area contributed by atoms with Crippen molar-refractivity contribution < 1.29 is 9.72 Å². The first kappa shape index (κ1) is 21.3. The maximum absolute atomic E-state index is 12.5. The molecule has 2 heterocycles. The molecule has 2 aromatic heterocycles. The zero-order valence-corrected chi connectivity index (χ0v) is 17.4. The van der Waals surface area contributed by atoms with Gasteiger partial charge in [-0.1, -0.05) is 11.8 Å². The fraction of sp³-hybridized carbons (Fsp3) is 0.333. The number of nitrogens with one attached hydrogen (secondary N) is 2. The first-order chi connectivity index (χ1) is 14.3. The summed E-state index contributed by atoms with van der Waals surface area (Å²) in [6.07, 6.45) is 0. The van der Waals surface area contributed by atoms with Crippen LogP contribution in [0.15, 0.2) is 39.0 Å². The number of aromatic nitrogens is 4. The third-order valence-corrected chi connectivity index (χ3v) is 5.46. The molecule has 1 amide bonds. The normalized spacial score (nSPS) is 12.1. The van der Waals surface area contributed by atoms with E-state index in [0.717, 1.165) is 16.3 Å². The number of hydrogen-bond donors (Lipinski definition) is 2. The van der Waals surface area contributed by atoms with Crippen molar-refractivity contribution in [2.45, 2.75) is 44.3 Å². The lowest BCUT2D eigenvalue weighted by molar-refractivity contribution is -0.384. The maximum atomic E-state index is 12.5. The Bertz CT molecular complexity index is 1230. The number of carbonyl (C=O) groups excluding carboxylic acids is 1. The van der Waals surface area contributed by atoms with E-state index in [1.54, 1.807) is 20.8 Å². The molecule has 0 aliphatic rings. The van der Waals surface area contributed by atoms with Crippen molar-refractivity contribution in [1.82, 2.24) is 19.1 Å². The van der Waals surface area contributed by atoms with Crippen molar-refractivity contribution in [3.8, 4) is 0 Å². The largest absolute Gasteiger partial charge is 0.332 e. The molecule has 1 atom stereocenters. The molecule has 158 valence electrons. The Balaban J connectivity index is 1.82. The van der Waals surface area contributed by atoms with Crippen LogP contribution in [0.1, 0.15) is 20.8 Å². The van der Waals surface area contributed by atoms with E-state index in [0.29, 0.717) is 17.4 Å². The van der Waals surface area contributed by atoms with Gasteiger partial charge in [-0.25, -0.2) is 9.78 Å². The monoisotopic (exact) mass is 432 g/mol. The van der Waals surface area contributed by atoms with Gasteiger partial charge in [-0.05, 0) is 32.9 Å². The summed E-state index contributed by atoms with van der Waals surface area (Å²) in [7, 11) is 0. The molecule has 3 aromatic rings. The summed E-state index contributed by atoms with van der Waals surface area (Å²) in [6, 6.07) is 5.49. The lowest BCUT2D eigenvalue weighted by Gasteiger charge is -2.10. The Hall–Kier alpha value is -3.41. The number of aryl methyl sites for hydroxylation is 1. The number of nitro groups is 1. The molecular weight excluding hydrogens is 412 g/mol. The fourth-order valence-corrected chi connectivity index (χ4v) is 3.70. The van der Waals surface area contributed by atoms with Gasteiger partial charge in [0.1, 0.15) is 0 Å². The lowest BCUT2D eigenvalue weighted by atomic mass is 10.3. The van der Waals surface area contributed by atoms with Crippen molar-refractivity contribution in [2.75, 3.05) is 5.32 Å². The van der Waals surface area contributed by atoms with E-state index in [-0.39, 0.29) is 29.3 Å². The van der Waals surface area contributed by atoms with Gasteiger partial charge in [0, 0.05) is 30.9 Å². The van der Waals surface area contributed by atoms with Gasteiger partial charge in [0.05, 0.1) is 10.2 Å². The molecule has 0 radical (unpaired) electrons. The van der Waals surface area contributed by atoms with E-state index in [1.807, 2.05) is 0 Å². The number of non-ortho nitro benzene ring substituents is 1. The molecule has 1 unspecified atom stereocenters. The highest BCUT2D eigenvalue weighted by molar-refractivity contribution is 8.00. The molecule has 0 aliphatic heterocycles. The Labute approximate surface area is 174 Å². The smallest absolute Gasteiger partial charge is 0.327 e. The average molecular weight is 432 g/mol. The second-order valence-corrected chi connectivity index (χ2v) is 7.70. The molecule has 0 aliphatic carbocycles. The molecule has 0 saturated heterocycles. The van der Waals surface area contributed by atoms with E-state index < -0.39 is 21.4 Å². The summed E-state index contributed by atoms with van der Waals surface area (Å²) in [5.74, 6) is -0.340. The standard InChI is InChI=1S/C18H20N6O5S/c1-4-22-14-13(16(26)23(5-2)18(22)27)20-17(21-14)30-10(3)15(25)19-11-6-8-12(9-7-11)24(28)29/h6-10H,4-5H2,1-3H3,(H,19,25)(H,20,21). The first-order valence-electron chi connectivity index (χ1n) is 9.22. The van der Waals surface area contributed by atoms with E-state index in [2.05, 4.69) is 15.3 Å². The molecule has 0 spiro atoms. The second kappa shape index (κ2) is 8.53. The highest BCUT2D eigenvalue weighted by Gasteiger charge is 2.20. The predicted octanol–water partition coefficient (Wildman–Crippen LogP) is 1.95. The number of aromatic amines is 1. The van der Waals surface area contributed by atoms with Crippen LogP contribution in [-0.4, -0.2) is 35.2 Å². The molecular formula is C18H20N6O5S. The van der Waals surface area contributed by atoms with Crippen LogP contribution in [0.5, 0.6) is 0 Å². The molecule has 0 bridgehead atoms. The van der Waals surface area contributed by atoms with Gasteiger partial charge in [-0.3, -0.25) is 28.8 Å². The van der Waals surface area contributed by atoms with Crippen LogP contribution in [0, 0.1) is 10.1 Å². The number of anilines is 1. The summed E-state index contributed by atoms with van der Waals surface area (Å²) in [6.45, 7) is 5.75. The number of fused-ring (bicyclic) bond motifs is 1. The van der Waals surface area contributed by atoms with Crippen LogP contribution in [0.4, 0.5) is 11.4 Å². The summed E-state index contributed by atoms with van der Waals surface area (Å²) < 4.78 is 2.53. The SMILES string of the molecule is CCn1c(=O)c2[nH]c(SC(C)C(=O)Nc3ccc([N+](=O)[O-])cc3)nc2n(CC)c1=O. The van der Waals surface area contributed by atoms with Crippen LogP contribution in [0.25, 0.3) is 11.2 Å². The molecule has 12 heteroatoms. The van der Waals surface area contributed by atoms with Crippen LogP contribution in [0.3, 0.4) is 0 Å². The van der Waals surface area contributed by atoms with E-state index >= 15 is 0 Å². The van der Waals surface area contributed by atoms with E-state index in [9.17, 15) is 24.5 Å². The topological polar surface area (TPSA) is 145 Å². The summed E-state index contributed by atoms with van der Waals surface area (Å²) in [4.78, 5) is 54.9. The number of nitro benzene ring substituents is 1. The fourth-order valence-electron chi connectivity index (χ4n) is 2.90. The second-order valence-electron chi connectivity index (χ2n) is 6.37. The van der Waals surface area contributed by atoms with E-state index in [4.69, 9.17) is 0 Å². The molecule has 1 aromatic carbocycles. The van der Waals surface area contributed by atoms with Crippen molar-refractivity contribution in [3.05, 3.63) is 55.2 Å². The zero-order valence-electron chi connectivity index (χ0n) is 16.5. The number of H-pyrrole nitrogens is 1. The Morgan fingerprint density at radius 1 is 1.23 bits per heavy atom. The Kier molecular flexibility index (Phi) is 6.06. The van der Waals surface area contributed by atoms with Crippen LogP contribution < -0.4 is 16.6 Å². The number of benzene rings is 1. The zero-order chi connectivity index (χ0) is 22.0. The number of imidazole rings is 1. The number of thioether (sulfide) groups is 1. The van der Waals surface area contributed by atoms with Crippen LogP contribution in [0.2, 0.25) is 0 Å². The molecule has 2 N–H and O–H groups in total. The van der Waals surface area contributed by atoms with Crippen LogP contribution in [-0.2, 0) is 17.9 Å². The molecule has 0 saturated carbocycles. The number of nitrogens with zero attached hydrogens (tertiary/aromatic N) is 4. The number of carbonyl (C=O) groups is 1. The summed E-state index contributed by atoms with van der Waals surface area (Å²) in [5.41, 5.74) is -0.0637. The maximum Gasteiger partial charge on any atom is 0.332 e. The van der Waals surface area contributed by atoms with Gasteiger partial charge in [0.2, 0.25) is 5.91 Å². The highest BCUT2D eigenvalue weighted by atomic mass is 32.2. The Morgan fingerprint density at radius 3 is 2.43 bits per heavy atom. The minimum Gasteiger partial charge on any atom is -0.327 e. The molecule has 30 heavy (non-hydrogen) atoms.